The zero-order valence-electron chi connectivity index (χ0n) is 15.8. The number of anilines is 1. The fourth-order valence-corrected chi connectivity index (χ4v) is 3.73. The second-order valence-corrected chi connectivity index (χ2v) is 7.92. The number of nitrogens with zero attached hydrogens (tertiary/aromatic N) is 3. The van der Waals surface area contributed by atoms with Gasteiger partial charge in [0.25, 0.3) is 0 Å². The summed E-state index contributed by atoms with van der Waals surface area (Å²) in [7, 11) is 0. The molecule has 7 nitrogen and oxygen atoms in total. The summed E-state index contributed by atoms with van der Waals surface area (Å²) in [4.78, 5) is 41.8. The summed E-state index contributed by atoms with van der Waals surface area (Å²) >= 11 is 12.0. The second kappa shape index (κ2) is 9.01. The van der Waals surface area contributed by atoms with Gasteiger partial charge in [-0.05, 0) is 25.1 Å². The molecule has 2 heterocycles. The van der Waals surface area contributed by atoms with E-state index in [1.807, 2.05) is 12.1 Å². The predicted octanol–water partition coefficient (Wildman–Crippen LogP) is 2.41. The van der Waals surface area contributed by atoms with E-state index in [9.17, 15) is 14.4 Å². The van der Waals surface area contributed by atoms with Gasteiger partial charge in [-0.3, -0.25) is 9.59 Å². The molecule has 0 aliphatic carbocycles. The highest BCUT2D eigenvalue weighted by molar-refractivity contribution is 6.42. The van der Waals surface area contributed by atoms with E-state index in [1.165, 1.54) is 0 Å². The average Bonchev–Trinajstić information content (AvgIpc) is 2.70. The quantitative estimate of drug-likeness (QED) is 0.804. The Bertz CT molecular complexity index is 756. The predicted molar refractivity (Wildman–Crippen MR) is 109 cm³/mol. The lowest BCUT2D eigenvalue weighted by Gasteiger charge is -2.37. The average molecular weight is 427 g/mol. The van der Waals surface area contributed by atoms with E-state index < -0.39 is 6.04 Å². The number of likely N-dealkylation sites (tertiary alicyclic amines) is 1. The number of amides is 3. The molecule has 2 aliphatic rings. The number of piperazine rings is 1. The smallest absolute Gasteiger partial charge is 0.318 e. The fourth-order valence-electron chi connectivity index (χ4n) is 3.44. The van der Waals surface area contributed by atoms with Gasteiger partial charge in [-0.2, -0.15) is 0 Å². The Morgan fingerprint density at radius 1 is 0.964 bits per heavy atom. The molecular weight excluding hydrogens is 403 g/mol. The first kappa shape index (κ1) is 20.7. The normalized spacial score (nSPS) is 18.8. The number of urea groups is 1. The molecule has 0 unspecified atom stereocenters. The second-order valence-electron chi connectivity index (χ2n) is 7.11. The number of hydrogen-bond acceptors (Lipinski definition) is 4. The number of halogens is 2. The zero-order valence-corrected chi connectivity index (χ0v) is 17.3. The van der Waals surface area contributed by atoms with Gasteiger partial charge >= 0.3 is 6.03 Å². The number of nitrogens with one attached hydrogen (secondary N) is 1. The van der Waals surface area contributed by atoms with E-state index in [0.717, 1.165) is 5.69 Å². The summed E-state index contributed by atoms with van der Waals surface area (Å²) in [5.74, 6) is 0.0378. The molecule has 0 bridgehead atoms. The standard InChI is InChI=1S/C19H24Cl2N4O3/c1-13(18(27)24-6-4-15(26)5-7-24)22-19(28)25-10-8-23(9-11-25)14-2-3-16(20)17(21)12-14/h2-3,12-13H,4-11H2,1H3,(H,22,28)/t13-/m1/s1. The van der Waals surface area contributed by atoms with Crippen LogP contribution in [0.2, 0.25) is 10.0 Å². The Labute approximate surface area is 174 Å². The van der Waals surface area contributed by atoms with Gasteiger partial charge < -0.3 is 20.0 Å². The lowest BCUT2D eigenvalue weighted by Crippen LogP contribution is -2.56. The van der Waals surface area contributed by atoms with Crippen molar-refractivity contribution in [3.63, 3.8) is 0 Å². The van der Waals surface area contributed by atoms with Crippen molar-refractivity contribution < 1.29 is 14.4 Å². The molecule has 0 saturated carbocycles. The number of carbonyl (C=O) groups is 3. The molecule has 9 heteroatoms. The molecule has 1 aromatic rings. The maximum absolute atomic E-state index is 12.5. The van der Waals surface area contributed by atoms with Crippen molar-refractivity contribution in [1.29, 1.82) is 0 Å². The molecule has 0 aromatic heterocycles. The summed E-state index contributed by atoms with van der Waals surface area (Å²) in [5, 5.41) is 3.80. The molecule has 1 aromatic carbocycles. The molecule has 2 aliphatic heterocycles. The van der Waals surface area contributed by atoms with Gasteiger partial charge in [0.15, 0.2) is 0 Å². The minimum Gasteiger partial charge on any atom is -0.368 e. The number of rotatable bonds is 3. The van der Waals surface area contributed by atoms with Gasteiger partial charge in [0.1, 0.15) is 11.8 Å². The number of benzene rings is 1. The van der Waals surface area contributed by atoms with Gasteiger partial charge in [-0.1, -0.05) is 23.2 Å². The lowest BCUT2D eigenvalue weighted by molar-refractivity contribution is -0.135. The van der Waals surface area contributed by atoms with Crippen LogP contribution in [0, 0.1) is 0 Å². The zero-order chi connectivity index (χ0) is 20.3. The maximum atomic E-state index is 12.5. The van der Waals surface area contributed by atoms with Crippen LogP contribution < -0.4 is 10.2 Å². The van der Waals surface area contributed by atoms with E-state index in [4.69, 9.17) is 23.2 Å². The highest BCUT2D eigenvalue weighted by atomic mass is 35.5. The van der Waals surface area contributed by atoms with Crippen LogP contribution in [-0.4, -0.2) is 72.8 Å². The molecule has 0 radical (unpaired) electrons. The molecule has 2 fully saturated rings. The first-order valence-electron chi connectivity index (χ1n) is 9.41. The van der Waals surface area contributed by atoms with E-state index in [-0.39, 0.29) is 17.7 Å². The highest BCUT2D eigenvalue weighted by Crippen LogP contribution is 2.27. The van der Waals surface area contributed by atoms with E-state index in [0.29, 0.717) is 62.2 Å². The van der Waals surface area contributed by atoms with E-state index >= 15 is 0 Å². The summed E-state index contributed by atoms with van der Waals surface area (Å²) in [6.07, 6.45) is 0.784. The topological polar surface area (TPSA) is 73.0 Å². The maximum Gasteiger partial charge on any atom is 0.318 e. The Balaban J connectivity index is 1.48. The minimum atomic E-state index is -0.617. The van der Waals surface area contributed by atoms with Gasteiger partial charge in [0.05, 0.1) is 10.0 Å². The third-order valence-electron chi connectivity index (χ3n) is 5.18. The third-order valence-corrected chi connectivity index (χ3v) is 5.92. The van der Waals surface area contributed by atoms with Gasteiger partial charge in [0, 0.05) is 57.8 Å². The molecule has 3 amide bonds. The molecule has 1 atom stereocenters. The number of hydrogen-bond donors (Lipinski definition) is 1. The first-order chi connectivity index (χ1) is 13.3. The number of Topliss-reactive ketones (excluding diaryl/α,β-unsaturated/α-hetero) is 1. The molecule has 1 N–H and O–H groups in total. The lowest BCUT2D eigenvalue weighted by atomic mass is 10.1. The number of piperidine rings is 1. The van der Waals surface area contributed by atoms with Crippen LogP contribution >= 0.6 is 23.2 Å². The summed E-state index contributed by atoms with van der Waals surface area (Å²) in [6.45, 7) is 4.98. The Hall–Kier alpha value is -1.99. The molecule has 2 saturated heterocycles. The van der Waals surface area contributed by atoms with Crippen LogP contribution in [-0.2, 0) is 9.59 Å². The van der Waals surface area contributed by atoms with Crippen molar-refractivity contribution >= 4 is 46.6 Å². The molecular formula is C19H24Cl2N4O3. The van der Waals surface area contributed by atoms with E-state index in [1.54, 1.807) is 22.8 Å². The van der Waals surface area contributed by atoms with Gasteiger partial charge in [0.2, 0.25) is 5.91 Å². The first-order valence-corrected chi connectivity index (χ1v) is 10.2. The SMILES string of the molecule is C[C@@H](NC(=O)N1CCN(c2ccc(Cl)c(Cl)c2)CC1)C(=O)N1CCC(=O)CC1. The minimum absolute atomic E-state index is 0.143. The van der Waals surface area contributed by atoms with Crippen LogP contribution in [0.25, 0.3) is 0 Å². The van der Waals surface area contributed by atoms with E-state index in [2.05, 4.69) is 10.2 Å². The van der Waals surface area contributed by atoms with Crippen LogP contribution in [0.5, 0.6) is 0 Å². The van der Waals surface area contributed by atoms with Crippen molar-refractivity contribution in [3.05, 3.63) is 28.2 Å². The Morgan fingerprint density at radius 3 is 2.21 bits per heavy atom. The van der Waals surface area contributed by atoms with Crippen LogP contribution in [0.3, 0.4) is 0 Å². The summed E-state index contributed by atoms with van der Waals surface area (Å²) in [5.41, 5.74) is 0.970. The highest BCUT2D eigenvalue weighted by Gasteiger charge is 2.28. The molecule has 0 spiro atoms. The molecule has 3 rings (SSSR count). The fraction of sp³-hybridized carbons (Fsp3) is 0.526. The molecule has 152 valence electrons. The van der Waals surface area contributed by atoms with Crippen molar-refractivity contribution in [2.45, 2.75) is 25.8 Å². The van der Waals surface area contributed by atoms with Crippen molar-refractivity contribution in [3.8, 4) is 0 Å². The number of ketones is 1. The molecule has 28 heavy (non-hydrogen) atoms. The third kappa shape index (κ3) is 4.89. The van der Waals surface area contributed by atoms with Crippen LogP contribution in [0.15, 0.2) is 18.2 Å². The monoisotopic (exact) mass is 426 g/mol. The largest absolute Gasteiger partial charge is 0.368 e. The Kier molecular flexibility index (Phi) is 6.67. The van der Waals surface area contributed by atoms with Crippen molar-refractivity contribution in [2.24, 2.45) is 0 Å². The Morgan fingerprint density at radius 2 is 1.61 bits per heavy atom. The van der Waals surface area contributed by atoms with Crippen LogP contribution in [0.1, 0.15) is 19.8 Å². The van der Waals surface area contributed by atoms with Crippen LogP contribution in [0.4, 0.5) is 10.5 Å². The van der Waals surface area contributed by atoms with Gasteiger partial charge in [-0.25, -0.2) is 4.79 Å². The number of carbonyl (C=O) groups excluding carboxylic acids is 3. The van der Waals surface area contributed by atoms with Crippen molar-refractivity contribution in [1.82, 2.24) is 15.1 Å². The van der Waals surface area contributed by atoms with Crippen molar-refractivity contribution in [2.75, 3.05) is 44.2 Å². The summed E-state index contributed by atoms with van der Waals surface area (Å²) in [6, 6.07) is 4.63. The van der Waals surface area contributed by atoms with Gasteiger partial charge in [-0.15, -0.1) is 0 Å². The summed E-state index contributed by atoms with van der Waals surface area (Å²) < 4.78 is 0.